The quantitative estimate of drug-likeness (QED) is 0.125. The van der Waals surface area contributed by atoms with Crippen LogP contribution in [0, 0.1) is 0 Å². The zero-order valence-electron chi connectivity index (χ0n) is 25.1. The van der Waals surface area contributed by atoms with Gasteiger partial charge in [0, 0.05) is 10.0 Å². The van der Waals surface area contributed by atoms with E-state index in [2.05, 4.69) is 30.9 Å². The van der Waals surface area contributed by atoms with E-state index < -0.39 is 0 Å². The standard InChI is InChI=1S/C20H21ClO2.C8H7ClO2.C4H8.C4H6/c1-20(12-3-2-4-13-20)16-6-5-7-18(14-16)23-19(22)15-8-10-17(21)11-9-15;1-11-8(10)6-2-4-7(9)5-3-6;2*1-3-4-2/h5-11,14H,2-4,12-13H2,1H3;2-5H,1H3;3-4H,1-2H3;3-4H,1-2H2/b;;4-3-;. The van der Waals surface area contributed by atoms with E-state index >= 15 is 0 Å². The van der Waals surface area contributed by atoms with Gasteiger partial charge in [-0.15, -0.1) is 0 Å². The molecule has 0 atom stereocenters. The number of benzene rings is 3. The number of carbonyl (C=O) groups is 2. The highest BCUT2D eigenvalue weighted by molar-refractivity contribution is 6.31. The highest BCUT2D eigenvalue weighted by Gasteiger charge is 2.29. The molecule has 1 saturated carbocycles. The van der Waals surface area contributed by atoms with Gasteiger partial charge in [0.1, 0.15) is 5.75 Å². The van der Waals surface area contributed by atoms with Crippen molar-refractivity contribution in [2.24, 2.45) is 0 Å². The maximum absolute atomic E-state index is 12.2. The van der Waals surface area contributed by atoms with Crippen molar-refractivity contribution in [2.75, 3.05) is 7.11 Å². The molecule has 6 heteroatoms. The van der Waals surface area contributed by atoms with E-state index in [1.165, 1.54) is 44.8 Å². The molecule has 0 aliphatic heterocycles. The van der Waals surface area contributed by atoms with Crippen LogP contribution in [0.3, 0.4) is 0 Å². The number of carbonyl (C=O) groups excluding carboxylic acids is 2. The molecule has 0 N–H and O–H groups in total. The van der Waals surface area contributed by atoms with Crippen molar-refractivity contribution in [3.63, 3.8) is 0 Å². The Bertz CT molecular complexity index is 1260. The van der Waals surface area contributed by atoms with E-state index in [9.17, 15) is 9.59 Å². The SMILES string of the molecule is C/C=C\C.C=CC=C.CC1(c2cccc(OC(=O)c3ccc(Cl)cc3)c2)CCCCC1.COC(=O)c1ccc(Cl)cc1. The zero-order chi connectivity index (χ0) is 31.4. The Labute approximate surface area is 261 Å². The van der Waals surface area contributed by atoms with Crippen LogP contribution >= 0.6 is 23.2 Å². The minimum Gasteiger partial charge on any atom is -0.465 e. The number of methoxy groups -OCH3 is 1. The second kappa shape index (κ2) is 20.3. The molecule has 42 heavy (non-hydrogen) atoms. The molecule has 0 heterocycles. The van der Waals surface area contributed by atoms with E-state index in [0.29, 0.717) is 26.9 Å². The molecule has 4 nitrogen and oxygen atoms in total. The Kier molecular flexibility index (Phi) is 17.6. The molecular weight excluding hydrogens is 567 g/mol. The summed E-state index contributed by atoms with van der Waals surface area (Å²) >= 11 is 11.5. The highest BCUT2D eigenvalue weighted by Crippen LogP contribution is 2.39. The first-order valence-corrected chi connectivity index (χ1v) is 14.6. The number of hydrogen-bond donors (Lipinski definition) is 0. The number of hydrogen-bond acceptors (Lipinski definition) is 4. The lowest BCUT2D eigenvalue weighted by Crippen LogP contribution is -2.25. The topological polar surface area (TPSA) is 52.6 Å². The second-order valence-corrected chi connectivity index (χ2v) is 10.6. The van der Waals surface area contributed by atoms with Crippen LogP contribution in [0.2, 0.25) is 10.0 Å². The summed E-state index contributed by atoms with van der Waals surface area (Å²) in [5.74, 6) is -0.0940. The fourth-order valence-corrected chi connectivity index (χ4v) is 4.26. The van der Waals surface area contributed by atoms with Crippen molar-refractivity contribution in [3.8, 4) is 5.75 Å². The third-order valence-corrected chi connectivity index (χ3v) is 7.05. The number of halogens is 2. The molecule has 224 valence electrons. The molecule has 0 saturated heterocycles. The second-order valence-electron chi connectivity index (χ2n) is 9.68. The van der Waals surface area contributed by atoms with Crippen LogP contribution in [0.5, 0.6) is 5.75 Å². The van der Waals surface area contributed by atoms with Crippen LogP contribution in [0.4, 0.5) is 0 Å². The largest absolute Gasteiger partial charge is 0.465 e. The highest BCUT2D eigenvalue weighted by atomic mass is 35.5. The number of esters is 2. The normalized spacial score (nSPS) is 13.0. The molecule has 0 bridgehead atoms. The predicted octanol–water partition coefficient (Wildman–Crippen LogP) is 10.8. The molecule has 0 aromatic heterocycles. The lowest BCUT2D eigenvalue weighted by molar-refractivity contribution is 0.0600. The van der Waals surface area contributed by atoms with Crippen molar-refractivity contribution < 1.29 is 19.1 Å². The summed E-state index contributed by atoms with van der Waals surface area (Å²) in [5, 5.41) is 1.21. The summed E-state index contributed by atoms with van der Waals surface area (Å²) in [6, 6.07) is 21.2. The lowest BCUT2D eigenvalue weighted by atomic mass is 9.71. The number of allylic oxidation sites excluding steroid dienone is 4. The van der Waals surface area contributed by atoms with Gasteiger partial charge in [0.2, 0.25) is 0 Å². The molecule has 0 unspecified atom stereocenters. The van der Waals surface area contributed by atoms with Crippen LogP contribution in [0.25, 0.3) is 0 Å². The van der Waals surface area contributed by atoms with E-state index in [-0.39, 0.29) is 17.4 Å². The monoisotopic (exact) mass is 608 g/mol. The first-order chi connectivity index (χ1) is 20.1. The molecule has 3 aromatic carbocycles. The molecule has 0 radical (unpaired) electrons. The van der Waals surface area contributed by atoms with Crippen LogP contribution in [0.1, 0.15) is 79.2 Å². The summed E-state index contributed by atoms with van der Waals surface area (Å²) in [4.78, 5) is 23.1. The van der Waals surface area contributed by atoms with Crippen molar-refractivity contribution in [1.29, 1.82) is 0 Å². The molecule has 0 spiro atoms. The van der Waals surface area contributed by atoms with Gasteiger partial charge in [0.15, 0.2) is 0 Å². The Morgan fingerprint density at radius 1 is 0.762 bits per heavy atom. The number of ether oxygens (including phenoxy) is 2. The maximum Gasteiger partial charge on any atom is 0.343 e. The third-order valence-electron chi connectivity index (χ3n) is 6.54. The van der Waals surface area contributed by atoms with Gasteiger partial charge in [0.25, 0.3) is 0 Å². The van der Waals surface area contributed by atoms with Crippen molar-refractivity contribution in [1.82, 2.24) is 0 Å². The van der Waals surface area contributed by atoms with E-state index in [0.717, 1.165) is 0 Å². The Morgan fingerprint density at radius 2 is 1.24 bits per heavy atom. The molecular formula is C36H42Cl2O4. The predicted molar refractivity (Wildman–Crippen MR) is 177 cm³/mol. The fourth-order valence-electron chi connectivity index (χ4n) is 4.01. The lowest BCUT2D eigenvalue weighted by Gasteiger charge is -2.34. The van der Waals surface area contributed by atoms with Gasteiger partial charge in [-0.3, -0.25) is 0 Å². The Balaban J connectivity index is 0.000000384. The van der Waals surface area contributed by atoms with Gasteiger partial charge in [-0.25, -0.2) is 9.59 Å². The Morgan fingerprint density at radius 3 is 1.67 bits per heavy atom. The van der Waals surface area contributed by atoms with Gasteiger partial charge in [0.05, 0.1) is 18.2 Å². The summed E-state index contributed by atoms with van der Waals surface area (Å²) in [7, 11) is 1.34. The summed E-state index contributed by atoms with van der Waals surface area (Å²) in [6.45, 7) is 13.0. The van der Waals surface area contributed by atoms with Crippen LogP contribution in [-0.2, 0) is 10.2 Å². The summed E-state index contributed by atoms with van der Waals surface area (Å²) < 4.78 is 10.0. The average Bonchev–Trinajstić information content (AvgIpc) is 3.02. The Hall–Kier alpha value is -3.60. The van der Waals surface area contributed by atoms with Gasteiger partial charge >= 0.3 is 11.9 Å². The minimum absolute atomic E-state index is 0.195. The molecule has 0 amide bonds. The minimum atomic E-state index is -0.354. The van der Waals surface area contributed by atoms with E-state index in [1.54, 1.807) is 60.7 Å². The van der Waals surface area contributed by atoms with E-state index in [4.69, 9.17) is 27.9 Å². The molecule has 3 aromatic rings. The summed E-state index contributed by atoms with van der Waals surface area (Å²) in [6.07, 6.45) is 13.5. The molecule has 1 aliphatic rings. The maximum atomic E-state index is 12.2. The van der Waals surface area contributed by atoms with Gasteiger partial charge in [-0.05, 0) is 98.3 Å². The molecule has 4 rings (SSSR count). The smallest absolute Gasteiger partial charge is 0.343 e. The first-order valence-electron chi connectivity index (χ1n) is 13.9. The molecule has 1 fully saturated rings. The van der Waals surface area contributed by atoms with Crippen LogP contribution in [0.15, 0.2) is 110 Å². The van der Waals surface area contributed by atoms with Crippen molar-refractivity contribution in [3.05, 3.63) is 137 Å². The molecule has 1 aliphatic carbocycles. The third kappa shape index (κ3) is 13.4. The first kappa shape index (κ1) is 36.4. The zero-order valence-corrected chi connectivity index (χ0v) is 26.6. The van der Waals surface area contributed by atoms with Crippen LogP contribution in [-0.4, -0.2) is 19.0 Å². The van der Waals surface area contributed by atoms with Gasteiger partial charge in [-0.1, -0.05) is 99.0 Å². The summed E-state index contributed by atoms with van der Waals surface area (Å²) in [5.41, 5.74) is 2.47. The van der Waals surface area contributed by atoms with Gasteiger partial charge < -0.3 is 9.47 Å². The number of rotatable bonds is 5. The van der Waals surface area contributed by atoms with Crippen molar-refractivity contribution >= 4 is 35.1 Å². The van der Waals surface area contributed by atoms with Crippen molar-refractivity contribution in [2.45, 2.75) is 58.3 Å². The van der Waals surface area contributed by atoms with Crippen LogP contribution < -0.4 is 4.74 Å². The van der Waals surface area contributed by atoms with Gasteiger partial charge in [-0.2, -0.15) is 0 Å². The fraction of sp³-hybridized carbons (Fsp3) is 0.278. The van der Waals surface area contributed by atoms with E-state index in [1.807, 2.05) is 44.2 Å². The average molecular weight is 610 g/mol.